The van der Waals surface area contributed by atoms with Crippen LogP contribution < -0.4 is 4.90 Å². The summed E-state index contributed by atoms with van der Waals surface area (Å²) in [6.07, 6.45) is 4.83. The topological polar surface area (TPSA) is 76.6 Å². The number of piperazine rings is 1. The van der Waals surface area contributed by atoms with E-state index in [0.29, 0.717) is 6.42 Å². The van der Waals surface area contributed by atoms with Crippen LogP contribution in [0.2, 0.25) is 0 Å². The summed E-state index contributed by atoms with van der Waals surface area (Å²) in [4.78, 5) is 30.0. The van der Waals surface area contributed by atoms with Crippen LogP contribution in [0, 0.1) is 17.0 Å². The van der Waals surface area contributed by atoms with Gasteiger partial charge in [0.15, 0.2) is 0 Å². The quantitative estimate of drug-likeness (QED) is 0.295. The van der Waals surface area contributed by atoms with Crippen LogP contribution in [0.4, 0.5) is 5.82 Å². The monoisotopic (exact) mass is 442 g/mol. The molecule has 0 radical (unpaired) electrons. The predicted molar refractivity (Wildman–Crippen MR) is 121 cm³/mol. The number of quaternary nitrogens is 1. The van der Waals surface area contributed by atoms with E-state index in [1.165, 1.54) is 10.1 Å². The molecule has 0 bridgehead atoms. The van der Waals surface area contributed by atoms with Crippen LogP contribution in [0.25, 0.3) is 10.1 Å². The fourth-order valence-corrected chi connectivity index (χ4v) is 6.34. The van der Waals surface area contributed by atoms with E-state index in [-0.39, 0.29) is 30.2 Å². The van der Waals surface area contributed by atoms with Crippen molar-refractivity contribution in [3.8, 4) is 0 Å². The van der Waals surface area contributed by atoms with Crippen molar-refractivity contribution in [1.29, 1.82) is 0 Å². The van der Waals surface area contributed by atoms with Crippen molar-refractivity contribution < 1.29 is 14.2 Å². The molecule has 2 saturated heterocycles. The number of carbonyl (C=O) groups is 2. The van der Waals surface area contributed by atoms with E-state index in [4.69, 9.17) is 0 Å². The molecule has 0 N–H and O–H groups in total. The van der Waals surface area contributed by atoms with Crippen molar-refractivity contribution in [2.45, 2.75) is 38.5 Å². The zero-order valence-electron chi connectivity index (χ0n) is 17.9. The number of imide groups is 1. The average Bonchev–Trinajstić information content (AvgIpc) is 3.32. The summed E-state index contributed by atoms with van der Waals surface area (Å²) in [6.45, 7) is 4.83. The molecule has 1 aliphatic carbocycles. The van der Waals surface area contributed by atoms with Crippen LogP contribution in [-0.2, 0) is 9.59 Å². The van der Waals surface area contributed by atoms with Crippen LogP contribution in [0.5, 0.6) is 0 Å². The van der Waals surface area contributed by atoms with Gasteiger partial charge in [-0.2, -0.15) is 4.37 Å². The van der Waals surface area contributed by atoms with Crippen LogP contribution in [0.15, 0.2) is 24.3 Å². The second kappa shape index (κ2) is 8.58. The number of likely N-dealkylation sites (tertiary alicyclic amines) is 1. The number of amides is 2. The molecule has 3 fully saturated rings. The highest BCUT2D eigenvalue weighted by molar-refractivity contribution is 7.13. The summed E-state index contributed by atoms with van der Waals surface area (Å²) < 4.78 is 4.69. The van der Waals surface area contributed by atoms with Gasteiger partial charge >= 0.3 is 11.8 Å². The van der Waals surface area contributed by atoms with Gasteiger partial charge in [0.05, 0.1) is 23.1 Å². The number of hydroxylamine groups is 3. The number of benzene rings is 1. The zero-order chi connectivity index (χ0) is 21.4. The molecule has 7 nitrogen and oxygen atoms in total. The molecule has 8 heteroatoms. The van der Waals surface area contributed by atoms with Crippen LogP contribution >= 0.6 is 11.5 Å². The molecule has 1 aromatic heterocycles. The second-order valence-electron chi connectivity index (χ2n) is 9.18. The largest absolute Gasteiger partial charge is 0.618 e. The third-order valence-electron chi connectivity index (χ3n) is 7.34. The van der Waals surface area contributed by atoms with E-state index in [1.807, 2.05) is 6.07 Å². The summed E-state index contributed by atoms with van der Waals surface area (Å²) in [5, 5.41) is 14.3. The minimum absolute atomic E-state index is 0.120. The summed E-state index contributed by atoms with van der Waals surface area (Å²) >= 11 is 1.55. The van der Waals surface area contributed by atoms with Gasteiger partial charge in [-0.3, -0.25) is 4.90 Å². The lowest BCUT2D eigenvalue weighted by Gasteiger charge is -2.36. The fourth-order valence-electron chi connectivity index (χ4n) is 5.54. The maximum Gasteiger partial charge on any atom is 0.325 e. The van der Waals surface area contributed by atoms with Gasteiger partial charge in [-0.15, -0.1) is 0 Å². The summed E-state index contributed by atoms with van der Waals surface area (Å²) in [5.41, 5.74) is 0. The highest BCUT2D eigenvalue weighted by Crippen LogP contribution is 2.41. The zero-order valence-corrected chi connectivity index (χ0v) is 18.7. The van der Waals surface area contributed by atoms with E-state index >= 15 is 0 Å². The number of unbranched alkanes of at least 4 members (excludes halogenated alkanes) is 1. The van der Waals surface area contributed by atoms with E-state index in [2.05, 4.69) is 32.4 Å². The van der Waals surface area contributed by atoms with Crippen molar-refractivity contribution in [3.05, 3.63) is 29.5 Å². The number of fused-ring (bicyclic) bond motifs is 2. The SMILES string of the molecule is O=C1[C@H]2CCCC[C@H]2C(=O)[N+]1([O-])CCCCN1CCN(c2nsc3ccccc23)CC1. The molecule has 31 heavy (non-hydrogen) atoms. The third kappa shape index (κ3) is 3.80. The van der Waals surface area contributed by atoms with E-state index in [9.17, 15) is 14.8 Å². The molecular formula is C23H30N4O3S. The summed E-state index contributed by atoms with van der Waals surface area (Å²) in [5.74, 6) is -0.259. The first-order valence-electron chi connectivity index (χ1n) is 11.6. The van der Waals surface area contributed by atoms with Crippen molar-refractivity contribution in [2.24, 2.45) is 11.8 Å². The molecule has 2 aromatic rings. The molecule has 3 aliphatic rings. The van der Waals surface area contributed by atoms with Crippen molar-refractivity contribution in [3.63, 3.8) is 0 Å². The Hall–Kier alpha value is -1.87. The van der Waals surface area contributed by atoms with Gasteiger partial charge in [-0.1, -0.05) is 25.0 Å². The molecule has 0 spiro atoms. The molecule has 5 rings (SSSR count). The molecule has 2 amide bonds. The van der Waals surface area contributed by atoms with Crippen molar-refractivity contribution >= 4 is 39.3 Å². The van der Waals surface area contributed by atoms with Crippen LogP contribution in [0.1, 0.15) is 38.5 Å². The lowest BCUT2D eigenvalue weighted by Crippen LogP contribution is -2.49. The molecule has 3 heterocycles. The first-order valence-corrected chi connectivity index (χ1v) is 12.3. The Morgan fingerprint density at radius 3 is 2.39 bits per heavy atom. The third-order valence-corrected chi connectivity index (χ3v) is 8.16. The minimum Gasteiger partial charge on any atom is -0.618 e. The fraction of sp³-hybridized carbons (Fsp3) is 0.609. The number of hydrogen-bond acceptors (Lipinski definition) is 7. The first-order chi connectivity index (χ1) is 15.1. The van der Waals surface area contributed by atoms with Gasteiger partial charge < -0.3 is 10.1 Å². The maximum atomic E-state index is 13.1. The van der Waals surface area contributed by atoms with E-state index < -0.39 is 4.65 Å². The normalized spacial score (nSPS) is 29.6. The van der Waals surface area contributed by atoms with Gasteiger partial charge in [0.1, 0.15) is 5.82 Å². The highest BCUT2D eigenvalue weighted by atomic mass is 32.1. The molecule has 1 aromatic carbocycles. The van der Waals surface area contributed by atoms with E-state index in [0.717, 1.165) is 70.6 Å². The number of aromatic nitrogens is 1. The summed E-state index contributed by atoms with van der Waals surface area (Å²) in [6, 6.07) is 8.36. The Bertz CT molecular complexity index is 945. The maximum absolute atomic E-state index is 13.1. The Balaban J connectivity index is 1.09. The van der Waals surface area contributed by atoms with Crippen molar-refractivity contribution in [2.75, 3.05) is 44.2 Å². The Morgan fingerprint density at radius 2 is 1.68 bits per heavy atom. The van der Waals surface area contributed by atoms with Crippen LogP contribution in [0.3, 0.4) is 0 Å². The number of carbonyl (C=O) groups excluding carboxylic acids is 2. The lowest BCUT2D eigenvalue weighted by atomic mass is 9.81. The molecule has 2 aliphatic heterocycles. The number of rotatable bonds is 6. The second-order valence-corrected chi connectivity index (χ2v) is 9.98. The first kappa shape index (κ1) is 21.0. The van der Waals surface area contributed by atoms with Gasteiger partial charge in [-0.25, -0.2) is 14.2 Å². The highest BCUT2D eigenvalue weighted by Gasteiger charge is 2.57. The standard InChI is InChI=1S/C23H30N4O3S/c28-22-17-7-1-2-8-18(17)23(29)27(22,30)16-6-5-11-25-12-14-26(15-13-25)21-19-9-3-4-10-20(19)31-24-21/h3-4,9-10,17-18H,1-2,5-8,11-16H2/t17-,18+,27?. The minimum atomic E-state index is -1.19. The number of hydrogen-bond donors (Lipinski definition) is 0. The molecule has 3 atom stereocenters. The van der Waals surface area contributed by atoms with Gasteiger partial charge in [0.2, 0.25) is 0 Å². The van der Waals surface area contributed by atoms with Crippen LogP contribution in [-0.4, -0.2) is 65.0 Å². The van der Waals surface area contributed by atoms with Gasteiger partial charge in [0, 0.05) is 31.6 Å². The Kier molecular flexibility index (Phi) is 5.81. The van der Waals surface area contributed by atoms with Crippen molar-refractivity contribution in [1.82, 2.24) is 9.27 Å². The van der Waals surface area contributed by atoms with Gasteiger partial charge in [0.25, 0.3) is 0 Å². The lowest BCUT2D eigenvalue weighted by molar-refractivity contribution is -0.722. The average molecular weight is 443 g/mol. The Labute approximate surface area is 186 Å². The molecule has 166 valence electrons. The molecule has 1 unspecified atom stereocenters. The predicted octanol–water partition coefficient (Wildman–Crippen LogP) is 3.39. The summed E-state index contributed by atoms with van der Waals surface area (Å²) in [7, 11) is 0. The number of anilines is 1. The Morgan fingerprint density at radius 1 is 1.00 bits per heavy atom. The number of nitrogens with zero attached hydrogens (tertiary/aromatic N) is 4. The van der Waals surface area contributed by atoms with Gasteiger partial charge in [-0.05, 0) is 55.9 Å². The smallest absolute Gasteiger partial charge is 0.325 e. The van der Waals surface area contributed by atoms with E-state index in [1.54, 1.807) is 11.5 Å². The molecular weight excluding hydrogens is 412 g/mol. The molecule has 1 saturated carbocycles.